The van der Waals surface area contributed by atoms with Crippen LogP contribution in [-0.2, 0) is 4.79 Å². The standard InChI is InChI=1S/C29H28FN5OS/c1-19-11-12-20(2)24(17-19)32-26(36)13-16-35-28(27(33-29(35)37)23-9-3-4-14-31-23)25-10-6-15-34(25)22-8-5-7-21(30)18-22/h3-12,14-15,17-18,27-28H,13,16H2,1-2H3,(H,32,36)(H,33,37)/t27-,28+/m1/s1. The van der Waals surface area contributed by atoms with Gasteiger partial charge in [-0.3, -0.25) is 9.78 Å². The van der Waals surface area contributed by atoms with Crippen LogP contribution in [0.2, 0.25) is 0 Å². The second-order valence-corrected chi connectivity index (χ2v) is 9.61. The number of rotatable bonds is 7. The Bertz CT molecular complexity index is 1440. The first kappa shape index (κ1) is 24.6. The van der Waals surface area contributed by atoms with Crippen LogP contribution in [0.25, 0.3) is 5.69 Å². The monoisotopic (exact) mass is 513 g/mol. The molecule has 5 rings (SSSR count). The largest absolute Gasteiger partial charge is 0.352 e. The summed E-state index contributed by atoms with van der Waals surface area (Å²) in [6, 6.07) is 21.7. The van der Waals surface area contributed by atoms with Crippen molar-refractivity contribution in [2.45, 2.75) is 32.4 Å². The Balaban J connectivity index is 1.44. The van der Waals surface area contributed by atoms with Gasteiger partial charge < -0.3 is 20.1 Å². The van der Waals surface area contributed by atoms with E-state index < -0.39 is 0 Å². The number of nitrogens with zero attached hydrogens (tertiary/aromatic N) is 3. The first-order chi connectivity index (χ1) is 17.9. The summed E-state index contributed by atoms with van der Waals surface area (Å²) >= 11 is 5.75. The van der Waals surface area contributed by atoms with Gasteiger partial charge in [-0.15, -0.1) is 0 Å². The number of aromatic nitrogens is 2. The van der Waals surface area contributed by atoms with Gasteiger partial charge in [0.15, 0.2) is 5.11 Å². The average Bonchev–Trinajstić information content (AvgIpc) is 3.49. The van der Waals surface area contributed by atoms with Crippen molar-refractivity contribution in [3.63, 3.8) is 0 Å². The molecule has 2 aromatic carbocycles. The van der Waals surface area contributed by atoms with Crippen LogP contribution in [0.3, 0.4) is 0 Å². The van der Waals surface area contributed by atoms with Crippen LogP contribution in [-0.4, -0.2) is 32.0 Å². The Morgan fingerprint density at radius 3 is 2.73 bits per heavy atom. The Morgan fingerprint density at radius 1 is 1.08 bits per heavy atom. The van der Waals surface area contributed by atoms with E-state index in [1.165, 1.54) is 12.1 Å². The van der Waals surface area contributed by atoms with Gasteiger partial charge >= 0.3 is 0 Å². The fourth-order valence-corrected chi connectivity index (χ4v) is 5.10. The lowest BCUT2D eigenvalue weighted by molar-refractivity contribution is -0.116. The molecule has 4 aromatic rings. The van der Waals surface area contributed by atoms with E-state index in [0.717, 1.165) is 28.2 Å². The minimum Gasteiger partial charge on any atom is -0.352 e. The number of thiocarbonyl (C=S) groups is 1. The highest BCUT2D eigenvalue weighted by atomic mass is 32.1. The molecule has 3 heterocycles. The molecule has 1 amide bonds. The molecule has 188 valence electrons. The third-order valence-corrected chi connectivity index (χ3v) is 6.97. The van der Waals surface area contributed by atoms with Gasteiger partial charge in [0.1, 0.15) is 5.82 Å². The van der Waals surface area contributed by atoms with Gasteiger partial charge in [0.2, 0.25) is 5.91 Å². The van der Waals surface area contributed by atoms with Gasteiger partial charge in [-0.25, -0.2) is 4.39 Å². The topological polar surface area (TPSA) is 62.2 Å². The summed E-state index contributed by atoms with van der Waals surface area (Å²) in [5.41, 5.74) is 5.38. The highest BCUT2D eigenvalue weighted by molar-refractivity contribution is 7.80. The molecule has 0 bridgehead atoms. The minimum absolute atomic E-state index is 0.0861. The number of halogens is 1. The molecule has 0 saturated carbocycles. The number of carbonyl (C=O) groups excluding carboxylic acids is 1. The fourth-order valence-electron chi connectivity index (χ4n) is 4.77. The van der Waals surface area contributed by atoms with Crippen molar-refractivity contribution in [1.82, 2.24) is 19.8 Å². The summed E-state index contributed by atoms with van der Waals surface area (Å²) in [7, 11) is 0. The van der Waals surface area contributed by atoms with Crippen LogP contribution >= 0.6 is 12.2 Å². The van der Waals surface area contributed by atoms with E-state index in [-0.39, 0.29) is 30.2 Å². The molecule has 1 aliphatic heterocycles. The number of carbonyl (C=O) groups is 1. The molecule has 8 heteroatoms. The molecule has 2 atom stereocenters. The molecule has 0 aliphatic carbocycles. The Hall–Kier alpha value is -4.04. The van der Waals surface area contributed by atoms with Crippen molar-refractivity contribution in [2.24, 2.45) is 0 Å². The number of aryl methyl sites for hydroxylation is 2. The van der Waals surface area contributed by atoms with Crippen molar-refractivity contribution in [3.8, 4) is 5.69 Å². The molecule has 1 saturated heterocycles. The van der Waals surface area contributed by atoms with Crippen molar-refractivity contribution in [3.05, 3.63) is 114 Å². The molecule has 0 radical (unpaired) electrons. The second-order valence-electron chi connectivity index (χ2n) is 9.22. The number of hydrogen-bond acceptors (Lipinski definition) is 3. The minimum atomic E-state index is -0.307. The van der Waals surface area contributed by atoms with Crippen LogP contribution in [0.5, 0.6) is 0 Å². The van der Waals surface area contributed by atoms with E-state index in [1.807, 2.05) is 84.1 Å². The van der Waals surface area contributed by atoms with Crippen molar-refractivity contribution in [1.29, 1.82) is 0 Å². The molecular formula is C29H28FN5OS. The maximum Gasteiger partial charge on any atom is 0.226 e. The summed E-state index contributed by atoms with van der Waals surface area (Å²) in [5, 5.41) is 7.00. The highest BCUT2D eigenvalue weighted by Gasteiger charge is 2.41. The molecule has 1 fully saturated rings. The van der Waals surface area contributed by atoms with Gasteiger partial charge in [0.25, 0.3) is 0 Å². The van der Waals surface area contributed by atoms with Crippen molar-refractivity contribution < 1.29 is 9.18 Å². The molecule has 2 aromatic heterocycles. The van der Waals surface area contributed by atoms with Crippen LogP contribution < -0.4 is 10.6 Å². The van der Waals surface area contributed by atoms with E-state index in [0.29, 0.717) is 17.3 Å². The van der Waals surface area contributed by atoms with E-state index in [2.05, 4.69) is 15.6 Å². The molecule has 0 spiro atoms. The zero-order chi connectivity index (χ0) is 25.9. The number of anilines is 1. The van der Waals surface area contributed by atoms with Gasteiger partial charge in [-0.05, 0) is 85.7 Å². The van der Waals surface area contributed by atoms with Crippen LogP contribution in [0, 0.1) is 19.7 Å². The third kappa shape index (κ3) is 5.24. The molecule has 6 nitrogen and oxygen atoms in total. The Kier molecular flexibility index (Phi) is 7.01. The molecular weight excluding hydrogens is 485 g/mol. The third-order valence-electron chi connectivity index (χ3n) is 6.61. The maximum atomic E-state index is 14.1. The lowest BCUT2D eigenvalue weighted by Crippen LogP contribution is -2.33. The smallest absolute Gasteiger partial charge is 0.226 e. The molecule has 1 aliphatic rings. The van der Waals surface area contributed by atoms with E-state index in [1.54, 1.807) is 12.3 Å². The number of hydrogen-bond donors (Lipinski definition) is 2. The van der Waals surface area contributed by atoms with Gasteiger partial charge in [-0.2, -0.15) is 0 Å². The summed E-state index contributed by atoms with van der Waals surface area (Å²) in [6.45, 7) is 4.38. The highest BCUT2D eigenvalue weighted by Crippen LogP contribution is 2.39. The Labute approximate surface area is 221 Å². The predicted molar refractivity (Wildman–Crippen MR) is 147 cm³/mol. The van der Waals surface area contributed by atoms with E-state index >= 15 is 0 Å². The fraction of sp³-hybridized carbons (Fsp3) is 0.207. The zero-order valence-corrected chi connectivity index (χ0v) is 21.5. The van der Waals surface area contributed by atoms with E-state index in [9.17, 15) is 9.18 Å². The lowest BCUT2D eigenvalue weighted by Gasteiger charge is -2.29. The molecule has 2 N–H and O–H groups in total. The predicted octanol–water partition coefficient (Wildman–Crippen LogP) is 5.63. The van der Waals surface area contributed by atoms with Crippen LogP contribution in [0.1, 0.15) is 41.0 Å². The van der Waals surface area contributed by atoms with Crippen molar-refractivity contribution >= 4 is 28.9 Å². The van der Waals surface area contributed by atoms with Crippen LogP contribution in [0.4, 0.5) is 10.1 Å². The Morgan fingerprint density at radius 2 is 1.95 bits per heavy atom. The lowest BCUT2D eigenvalue weighted by atomic mass is 10.0. The van der Waals surface area contributed by atoms with E-state index in [4.69, 9.17) is 12.2 Å². The van der Waals surface area contributed by atoms with Gasteiger partial charge in [0, 0.05) is 42.4 Å². The second kappa shape index (κ2) is 10.5. The average molecular weight is 514 g/mol. The summed E-state index contributed by atoms with van der Waals surface area (Å²) in [5.74, 6) is -0.393. The number of amides is 1. The number of benzene rings is 2. The first-order valence-electron chi connectivity index (χ1n) is 12.2. The van der Waals surface area contributed by atoms with Crippen LogP contribution in [0.15, 0.2) is 85.2 Å². The SMILES string of the molecule is Cc1ccc(C)c(NC(=O)CCN2C(=S)N[C@H](c3ccccn3)[C@@H]2c2cccn2-c2cccc(F)c2)c1. The summed E-state index contributed by atoms with van der Waals surface area (Å²) in [6.07, 6.45) is 3.91. The molecule has 37 heavy (non-hydrogen) atoms. The zero-order valence-electron chi connectivity index (χ0n) is 20.7. The number of nitrogens with one attached hydrogen (secondary N) is 2. The first-order valence-corrected chi connectivity index (χ1v) is 12.6. The normalized spacial score (nSPS) is 17.1. The maximum absolute atomic E-state index is 14.1. The molecule has 0 unspecified atom stereocenters. The van der Waals surface area contributed by atoms with Crippen molar-refractivity contribution in [2.75, 3.05) is 11.9 Å². The summed E-state index contributed by atoms with van der Waals surface area (Å²) in [4.78, 5) is 19.6. The number of pyridine rings is 1. The summed E-state index contributed by atoms with van der Waals surface area (Å²) < 4.78 is 16.0. The quantitative estimate of drug-likeness (QED) is 0.314. The van der Waals surface area contributed by atoms with Gasteiger partial charge in [0.05, 0.1) is 17.8 Å². The van der Waals surface area contributed by atoms with Gasteiger partial charge in [-0.1, -0.05) is 24.3 Å².